The fraction of sp³-hybridized carbons (Fsp3) is 0. The van der Waals surface area contributed by atoms with E-state index in [0.29, 0.717) is 5.01 Å². The first kappa shape index (κ1) is 16.3. The van der Waals surface area contributed by atoms with Gasteiger partial charge in [-0.2, -0.15) is 5.01 Å². The normalized spacial score (nSPS) is 13.0. The third-order valence-electron chi connectivity index (χ3n) is 4.24. The highest BCUT2D eigenvalue weighted by molar-refractivity contribution is 6.26. The molecule has 0 fully saturated rings. The number of nitrogens with zero attached hydrogens (tertiary/aromatic N) is 3. The third kappa shape index (κ3) is 2.49. The standard InChI is InChI=1S/C18H10N4O5/c23-16(10-6-8-19-9-7-10)20-21-17(24)12-3-1-2-11-14(22(26)27)5-4-13(15(11)12)18(21)25/h1-9H,(H,20,23). The van der Waals surface area contributed by atoms with Gasteiger partial charge in [0.15, 0.2) is 0 Å². The summed E-state index contributed by atoms with van der Waals surface area (Å²) in [5.74, 6) is -2.18. The van der Waals surface area contributed by atoms with Crippen LogP contribution in [0.3, 0.4) is 0 Å². The van der Waals surface area contributed by atoms with Crippen LogP contribution in [-0.2, 0) is 0 Å². The first-order valence-corrected chi connectivity index (χ1v) is 7.79. The Bertz CT molecular complexity index is 1120. The lowest BCUT2D eigenvalue weighted by Crippen LogP contribution is -2.51. The Labute approximate surface area is 151 Å². The third-order valence-corrected chi connectivity index (χ3v) is 4.24. The number of rotatable bonds is 3. The van der Waals surface area contributed by atoms with E-state index < -0.39 is 22.6 Å². The predicted octanol–water partition coefficient (Wildman–Crippen LogP) is 2.08. The highest BCUT2D eigenvalue weighted by Gasteiger charge is 2.36. The van der Waals surface area contributed by atoms with Crippen molar-refractivity contribution >= 4 is 34.2 Å². The lowest BCUT2D eigenvalue weighted by molar-refractivity contribution is -0.383. The Morgan fingerprint density at radius 2 is 1.67 bits per heavy atom. The number of hydrazine groups is 1. The number of benzene rings is 2. The fourth-order valence-corrected chi connectivity index (χ4v) is 3.01. The van der Waals surface area contributed by atoms with E-state index in [9.17, 15) is 24.5 Å². The summed E-state index contributed by atoms with van der Waals surface area (Å²) < 4.78 is 0. The van der Waals surface area contributed by atoms with Gasteiger partial charge < -0.3 is 0 Å². The molecular weight excluding hydrogens is 352 g/mol. The molecule has 3 aromatic rings. The van der Waals surface area contributed by atoms with Crippen molar-refractivity contribution in [2.75, 3.05) is 0 Å². The smallest absolute Gasteiger partial charge is 0.267 e. The number of pyridine rings is 1. The second-order valence-electron chi connectivity index (χ2n) is 5.74. The molecule has 4 rings (SSSR count). The predicted molar refractivity (Wildman–Crippen MR) is 92.8 cm³/mol. The van der Waals surface area contributed by atoms with E-state index in [-0.39, 0.29) is 33.2 Å². The van der Waals surface area contributed by atoms with Crippen molar-refractivity contribution in [1.29, 1.82) is 0 Å². The first-order chi connectivity index (χ1) is 13.0. The highest BCUT2D eigenvalue weighted by Crippen LogP contribution is 2.34. The van der Waals surface area contributed by atoms with Crippen LogP contribution in [0.4, 0.5) is 5.69 Å². The molecule has 0 atom stereocenters. The molecule has 0 bridgehead atoms. The van der Waals surface area contributed by atoms with Crippen LogP contribution in [0.1, 0.15) is 31.1 Å². The fourth-order valence-electron chi connectivity index (χ4n) is 3.01. The Hall–Kier alpha value is -4.14. The highest BCUT2D eigenvalue weighted by atomic mass is 16.6. The number of non-ortho nitro benzene ring substituents is 1. The van der Waals surface area contributed by atoms with Crippen molar-refractivity contribution in [3.05, 3.63) is 81.7 Å². The molecule has 2 aromatic carbocycles. The van der Waals surface area contributed by atoms with Crippen LogP contribution in [-0.4, -0.2) is 32.6 Å². The maximum absolute atomic E-state index is 12.8. The van der Waals surface area contributed by atoms with Crippen LogP contribution in [0.25, 0.3) is 10.8 Å². The summed E-state index contributed by atoms with van der Waals surface area (Å²) in [6.45, 7) is 0. The molecule has 0 unspecified atom stereocenters. The molecule has 1 aromatic heterocycles. The quantitative estimate of drug-likeness (QED) is 0.432. The molecule has 9 nitrogen and oxygen atoms in total. The van der Waals surface area contributed by atoms with Gasteiger partial charge in [0, 0.05) is 29.4 Å². The van der Waals surface area contributed by atoms with Gasteiger partial charge in [0.05, 0.1) is 21.4 Å². The molecule has 0 radical (unpaired) electrons. The number of nitro groups is 1. The van der Waals surface area contributed by atoms with Gasteiger partial charge in [-0.25, -0.2) is 0 Å². The van der Waals surface area contributed by atoms with E-state index >= 15 is 0 Å². The molecule has 0 spiro atoms. The molecule has 1 aliphatic rings. The van der Waals surface area contributed by atoms with Crippen LogP contribution in [0.5, 0.6) is 0 Å². The lowest BCUT2D eigenvalue weighted by Gasteiger charge is -2.27. The zero-order valence-corrected chi connectivity index (χ0v) is 13.6. The number of nitrogens with one attached hydrogen (secondary N) is 1. The van der Waals surface area contributed by atoms with Crippen molar-refractivity contribution in [2.45, 2.75) is 0 Å². The SMILES string of the molecule is O=C(NN1C(=O)c2cccc3c([N+](=O)[O-])ccc(c23)C1=O)c1ccncc1. The average molecular weight is 362 g/mol. The van der Waals surface area contributed by atoms with E-state index in [1.165, 1.54) is 54.9 Å². The average Bonchev–Trinajstić information content (AvgIpc) is 2.69. The number of imide groups is 1. The zero-order chi connectivity index (χ0) is 19.1. The Kier molecular flexibility index (Phi) is 3.62. The van der Waals surface area contributed by atoms with E-state index in [1.54, 1.807) is 0 Å². The number of carbonyl (C=O) groups is 3. The number of hydrogen-bond acceptors (Lipinski definition) is 6. The molecule has 0 saturated carbocycles. The molecule has 1 aliphatic heterocycles. The maximum atomic E-state index is 12.8. The second kappa shape index (κ2) is 5.99. The van der Waals surface area contributed by atoms with E-state index in [1.807, 2.05) is 0 Å². The number of carbonyl (C=O) groups excluding carboxylic acids is 3. The van der Waals surface area contributed by atoms with E-state index in [4.69, 9.17) is 0 Å². The maximum Gasteiger partial charge on any atom is 0.280 e. The molecule has 27 heavy (non-hydrogen) atoms. The van der Waals surface area contributed by atoms with Crippen LogP contribution in [0.15, 0.2) is 54.9 Å². The number of hydrogen-bond donors (Lipinski definition) is 1. The van der Waals surface area contributed by atoms with Gasteiger partial charge >= 0.3 is 0 Å². The largest absolute Gasteiger partial charge is 0.280 e. The summed E-state index contributed by atoms with van der Waals surface area (Å²) in [4.78, 5) is 52.3. The molecule has 3 amide bonds. The van der Waals surface area contributed by atoms with Crippen LogP contribution in [0, 0.1) is 10.1 Å². The molecule has 0 saturated heterocycles. The van der Waals surface area contributed by atoms with Gasteiger partial charge in [0.1, 0.15) is 0 Å². The second-order valence-corrected chi connectivity index (χ2v) is 5.74. The van der Waals surface area contributed by atoms with Crippen molar-refractivity contribution in [3.8, 4) is 0 Å². The zero-order valence-electron chi connectivity index (χ0n) is 13.6. The topological polar surface area (TPSA) is 123 Å². The van der Waals surface area contributed by atoms with Gasteiger partial charge in [-0.1, -0.05) is 6.07 Å². The molecule has 0 aliphatic carbocycles. The van der Waals surface area contributed by atoms with Crippen LogP contribution < -0.4 is 5.43 Å². The Morgan fingerprint density at radius 3 is 2.33 bits per heavy atom. The van der Waals surface area contributed by atoms with Crippen LogP contribution in [0.2, 0.25) is 0 Å². The van der Waals surface area contributed by atoms with Gasteiger partial charge in [-0.3, -0.25) is 34.9 Å². The monoisotopic (exact) mass is 362 g/mol. The summed E-state index contributed by atoms with van der Waals surface area (Å²) in [5, 5.41) is 12.2. The molecule has 132 valence electrons. The molecule has 9 heteroatoms. The van der Waals surface area contributed by atoms with Crippen molar-refractivity contribution < 1.29 is 19.3 Å². The van der Waals surface area contributed by atoms with E-state index in [0.717, 1.165) is 0 Å². The van der Waals surface area contributed by atoms with Gasteiger partial charge in [0.25, 0.3) is 23.4 Å². The number of nitro benzene ring substituents is 1. The first-order valence-electron chi connectivity index (χ1n) is 7.79. The summed E-state index contributed by atoms with van der Waals surface area (Å²) in [6.07, 6.45) is 2.81. The summed E-state index contributed by atoms with van der Waals surface area (Å²) in [5.41, 5.74) is 2.50. The summed E-state index contributed by atoms with van der Waals surface area (Å²) >= 11 is 0. The van der Waals surface area contributed by atoms with Crippen molar-refractivity contribution in [3.63, 3.8) is 0 Å². The van der Waals surface area contributed by atoms with Crippen molar-refractivity contribution in [1.82, 2.24) is 15.4 Å². The Morgan fingerprint density at radius 1 is 1.00 bits per heavy atom. The number of amides is 3. The Balaban J connectivity index is 1.80. The summed E-state index contributed by atoms with van der Waals surface area (Å²) in [6, 6.07) is 9.79. The lowest BCUT2D eigenvalue weighted by atomic mass is 9.94. The van der Waals surface area contributed by atoms with E-state index in [2.05, 4.69) is 10.4 Å². The minimum absolute atomic E-state index is 0.0980. The summed E-state index contributed by atoms with van der Waals surface area (Å²) in [7, 11) is 0. The minimum Gasteiger partial charge on any atom is -0.267 e. The molecule has 1 N–H and O–H groups in total. The molecule has 2 heterocycles. The molecular formula is C18H10N4O5. The van der Waals surface area contributed by atoms with Gasteiger partial charge in [-0.05, 0) is 30.3 Å². The van der Waals surface area contributed by atoms with Crippen molar-refractivity contribution in [2.24, 2.45) is 0 Å². The van der Waals surface area contributed by atoms with Crippen LogP contribution >= 0.6 is 0 Å². The number of aromatic nitrogens is 1. The van der Waals surface area contributed by atoms with Gasteiger partial charge in [-0.15, -0.1) is 0 Å². The minimum atomic E-state index is -0.763. The van der Waals surface area contributed by atoms with Gasteiger partial charge in [0.2, 0.25) is 0 Å².